The normalized spacial score (nSPS) is 28.3. The van der Waals surface area contributed by atoms with Gasteiger partial charge in [-0.15, -0.1) is 0 Å². The van der Waals surface area contributed by atoms with Gasteiger partial charge >= 0.3 is 0 Å². The Balaban J connectivity index is 3.02. The van der Waals surface area contributed by atoms with Gasteiger partial charge in [0.25, 0.3) is 5.91 Å². The van der Waals surface area contributed by atoms with E-state index in [1.807, 2.05) is 0 Å². The van der Waals surface area contributed by atoms with Gasteiger partial charge in [0, 0.05) is 0 Å². The van der Waals surface area contributed by atoms with Crippen molar-refractivity contribution in [3.63, 3.8) is 0 Å². The number of nitrogens with zero attached hydrogens (tertiary/aromatic N) is 2. The molecule has 0 saturated carbocycles. The molecule has 0 bridgehead atoms. The molecular formula is C5H6N4O2. The van der Waals surface area contributed by atoms with E-state index >= 15 is 0 Å². The van der Waals surface area contributed by atoms with Crippen LogP contribution in [0.1, 0.15) is 0 Å². The number of carbonyl (C=O) groups is 2. The van der Waals surface area contributed by atoms with Crippen LogP contribution in [0.4, 0.5) is 0 Å². The highest BCUT2D eigenvalue weighted by Crippen LogP contribution is 2.06. The lowest BCUT2D eigenvalue weighted by Gasteiger charge is -2.11. The number of amides is 1. The number of hydrogen-bond acceptors (Lipinski definition) is 5. The van der Waals surface area contributed by atoms with Crippen LogP contribution in [0.3, 0.4) is 0 Å². The lowest BCUT2D eigenvalue weighted by Crippen LogP contribution is -2.51. The minimum absolute atomic E-state index is 0.229. The standard InChI is InChI=1S/C5H6N4O2/c6-4(11)3-5(7,1-10)9-2-8-3/h1-2H,7H2,(H2,6,11). The maximum absolute atomic E-state index is 10.5. The number of rotatable bonds is 2. The molecule has 0 saturated heterocycles. The van der Waals surface area contributed by atoms with Crippen molar-refractivity contribution in [3.8, 4) is 0 Å². The highest BCUT2D eigenvalue weighted by Gasteiger charge is 2.36. The minimum atomic E-state index is -1.66. The summed E-state index contributed by atoms with van der Waals surface area (Å²) in [6, 6.07) is 0. The number of hydrogen-bond donors (Lipinski definition) is 2. The van der Waals surface area contributed by atoms with Crippen LogP contribution in [0, 0.1) is 0 Å². The van der Waals surface area contributed by atoms with Crippen molar-refractivity contribution < 1.29 is 9.59 Å². The van der Waals surface area contributed by atoms with E-state index in [1.165, 1.54) is 0 Å². The van der Waals surface area contributed by atoms with Crippen LogP contribution < -0.4 is 11.5 Å². The summed E-state index contributed by atoms with van der Waals surface area (Å²) >= 11 is 0. The molecule has 1 heterocycles. The van der Waals surface area contributed by atoms with E-state index in [0.717, 1.165) is 6.34 Å². The highest BCUT2D eigenvalue weighted by molar-refractivity contribution is 6.46. The van der Waals surface area contributed by atoms with Gasteiger partial charge in [0.2, 0.25) is 5.66 Å². The van der Waals surface area contributed by atoms with Crippen LogP contribution in [-0.2, 0) is 9.59 Å². The molecule has 0 fully saturated rings. The molecular weight excluding hydrogens is 148 g/mol. The van der Waals surface area contributed by atoms with Crippen molar-refractivity contribution >= 4 is 24.2 Å². The second kappa shape index (κ2) is 2.24. The van der Waals surface area contributed by atoms with Crippen LogP contribution >= 0.6 is 0 Å². The molecule has 6 nitrogen and oxygen atoms in total. The summed E-state index contributed by atoms with van der Waals surface area (Å²) in [4.78, 5) is 27.8. The summed E-state index contributed by atoms with van der Waals surface area (Å²) in [5.74, 6) is -0.836. The van der Waals surface area contributed by atoms with Gasteiger partial charge in [-0.3, -0.25) is 15.3 Å². The number of aliphatic imine (C=N–C) groups is 2. The molecule has 0 aliphatic carbocycles. The average molecular weight is 154 g/mol. The number of primary amides is 1. The Bertz CT molecular complexity index is 270. The Hall–Kier alpha value is -1.56. The lowest BCUT2D eigenvalue weighted by atomic mass is 10.1. The van der Waals surface area contributed by atoms with Crippen molar-refractivity contribution in [2.45, 2.75) is 5.66 Å². The molecule has 0 spiro atoms. The predicted octanol–water partition coefficient (Wildman–Crippen LogP) is -2.19. The maximum atomic E-state index is 10.5. The fourth-order valence-corrected chi connectivity index (χ4v) is 0.694. The molecule has 1 atom stereocenters. The third kappa shape index (κ3) is 1.03. The molecule has 4 N–H and O–H groups in total. The van der Waals surface area contributed by atoms with E-state index in [0.29, 0.717) is 6.29 Å². The molecule has 1 amide bonds. The quantitative estimate of drug-likeness (QED) is 0.440. The fraction of sp³-hybridized carbons (Fsp3) is 0.200. The molecule has 1 unspecified atom stereocenters. The van der Waals surface area contributed by atoms with Crippen LogP contribution in [0.25, 0.3) is 0 Å². The van der Waals surface area contributed by atoms with Crippen molar-refractivity contribution in [2.24, 2.45) is 21.5 Å². The number of carbonyl (C=O) groups excluding carboxylic acids is 2. The van der Waals surface area contributed by atoms with Gasteiger partial charge in [-0.2, -0.15) is 0 Å². The Kier molecular flexibility index (Phi) is 1.54. The molecule has 0 radical (unpaired) electrons. The van der Waals surface area contributed by atoms with Crippen molar-refractivity contribution in [2.75, 3.05) is 0 Å². The first-order chi connectivity index (χ1) is 5.10. The Labute approximate surface area is 62.0 Å². The molecule has 11 heavy (non-hydrogen) atoms. The number of aldehydes is 1. The summed E-state index contributed by atoms with van der Waals surface area (Å²) < 4.78 is 0. The smallest absolute Gasteiger partial charge is 0.267 e. The van der Waals surface area contributed by atoms with Crippen molar-refractivity contribution in [1.29, 1.82) is 0 Å². The van der Waals surface area contributed by atoms with Gasteiger partial charge in [0.1, 0.15) is 6.34 Å². The largest absolute Gasteiger partial charge is 0.364 e. The van der Waals surface area contributed by atoms with Gasteiger partial charge in [0.15, 0.2) is 12.0 Å². The van der Waals surface area contributed by atoms with E-state index in [9.17, 15) is 9.59 Å². The number of nitrogens with two attached hydrogens (primary N) is 2. The minimum Gasteiger partial charge on any atom is -0.364 e. The summed E-state index contributed by atoms with van der Waals surface area (Å²) in [5, 5.41) is 0. The second-order valence-electron chi connectivity index (χ2n) is 2.03. The van der Waals surface area contributed by atoms with E-state index in [2.05, 4.69) is 9.98 Å². The predicted molar refractivity (Wildman–Crippen MR) is 38.1 cm³/mol. The third-order valence-corrected chi connectivity index (χ3v) is 1.25. The first-order valence-corrected chi connectivity index (χ1v) is 2.77. The lowest BCUT2D eigenvalue weighted by molar-refractivity contribution is -0.114. The highest BCUT2D eigenvalue weighted by atomic mass is 16.1. The van der Waals surface area contributed by atoms with Crippen LogP contribution in [0.15, 0.2) is 9.98 Å². The molecule has 1 aliphatic heterocycles. The van der Waals surface area contributed by atoms with Gasteiger partial charge in [-0.1, -0.05) is 0 Å². The summed E-state index contributed by atoms with van der Waals surface area (Å²) in [5.41, 5.74) is 8.28. The molecule has 0 aromatic rings. The van der Waals surface area contributed by atoms with Crippen LogP contribution in [0.5, 0.6) is 0 Å². The van der Waals surface area contributed by atoms with Gasteiger partial charge < -0.3 is 5.73 Å². The fourth-order valence-electron chi connectivity index (χ4n) is 0.694. The zero-order valence-electron chi connectivity index (χ0n) is 5.52. The first-order valence-electron chi connectivity index (χ1n) is 2.77. The molecule has 0 aromatic heterocycles. The van der Waals surface area contributed by atoms with Crippen molar-refractivity contribution in [3.05, 3.63) is 0 Å². The zero-order valence-corrected chi connectivity index (χ0v) is 5.52. The zero-order chi connectivity index (χ0) is 8.48. The Morgan fingerprint density at radius 3 is 2.73 bits per heavy atom. The van der Waals surface area contributed by atoms with E-state index in [1.54, 1.807) is 0 Å². The van der Waals surface area contributed by atoms with Gasteiger partial charge in [-0.25, -0.2) is 9.98 Å². The summed E-state index contributed by atoms with van der Waals surface area (Å²) in [6.07, 6.45) is 1.36. The Morgan fingerprint density at radius 2 is 2.36 bits per heavy atom. The summed E-state index contributed by atoms with van der Waals surface area (Å²) in [6.45, 7) is 0. The van der Waals surface area contributed by atoms with Gasteiger partial charge in [0.05, 0.1) is 0 Å². The van der Waals surface area contributed by atoms with E-state index < -0.39 is 11.6 Å². The molecule has 6 heteroatoms. The summed E-state index contributed by atoms with van der Waals surface area (Å²) in [7, 11) is 0. The SMILES string of the molecule is NC(=O)C1=NC=NC1(N)C=O. The molecule has 58 valence electrons. The monoisotopic (exact) mass is 154 g/mol. The molecule has 1 aliphatic rings. The first kappa shape index (κ1) is 7.55. The Morgan fingerprint density at radius 1 is 1.73 bits per heavy atom. The molecule has 1 rings (SSSR count). The third-order valence-electron chi connectivity index (χ3n) is 1.25. The topological polar surface area (TPSA) is 111 Å². The average Bonchev–Trinajstić information content (AvgIpc) is 2.32. The second-order valence-corrected chi connectivity index (χ2v) is 2.03. The van der Waals surface area contributed by atoms with Crippen LogP contribution in [-0.4, -0.2) is 29.9 Å². The van der Waals surface area contributed by atoms with Gasteiger partial charge in [-0.05, 0) is 0 Å². The molecule has 0 aromatic carbocycles. The van der Waals surface area contributed by atoms with Crippen molar-refractivity contribution in [1.82, 2.24) is 0 Å². The van der Waals surface area contributed by atoms with Crippen LogP contribution in [0.2, 0.25) is 0 Å². The maximum Gasteiger partial charge on any atom is 0.267 e. The van der Waals surface area contributed by atoms with E-state index in [-0.39, 0.29) is 5.71 Å². The van der Waals surface area contributed by atoms with E-state index in [4.69, 9.17) is 11.5 Å².